The number of hydrogen-bond acceptors (Lipinski definition) is 3. The van der Waals surface area contributed by atoms with Crippen molar-refractivity contribution >= 4 is 10.0 Å². The normalized spacial score (nSPS) is 13.8. The summed E-state index contributed by atoms with van der Waals surface area (Å²) in [6.07, 6.45) is 0.790. The van der Waals surface area contributed by atoms with Gasteiger partial charge in [0.25, 0.3) is 0 Å². The Morgan fingerprint density at radius 1 is 1.26 bits per heavy atom. The zero-order chi connectivity index (χ0) is 14.6. The molecular weight excluding hydrogens is 262 g/mol. The Kier molecular flexibility index (Phi) is 5.52. The van der Waals surface area contributed by atoms with Crippen molar-refractivity contribution < 1.29 is 13.5 Å². The molecule has 0 aromatic heterocycles. The van der Waals surface area contributed by atoms with E-state index in [2.05, 4.69) is 18.6 Å². The molecule has 0 aliphatic carbocycles. The smallest absolute Gasteiger partial charge is 0.240 e. The number of sulfonamides is 1. The summed E-state index contributed by atoms with van der Waals surface area (Å²) in [7, 11) is -3.52. The zero-order valence-corrected chi connectivity index (χ0v) is 12.8. The molecule has 1 rings (SSSR count). The number of hydrogen-bond donors (Lipinski definition) is 2. The highest BCUT2D eigenvalue weighted by Crippen LogP contribution is 2.17. The molecule has 0 radical (unpaired) electrons. The molecule has 1 aromatic rings. The molecule has 108 valence electrons. The van der Waals surface area contributed by atoms with Gasteiger partial charge in [0.1, 0.15) is 0 Å². The maximum absolute atomic E-state index is 12.2. The quantitative estimate of drug-likeness (QED) is 0.842. The molecule has 5 heteroatoms. The van der Waals surface area contributed by atoms with E-state index < -0.39 is 10.0 Å². The van der Waals surface area contributed by atoms with Gasteiger partial charge in [-0.05, 0) is 49.4 Å². The standard InChI is InChI=1S/C14H23NO3S/c1-10(2)7-12(4)15-19(17,18)14-6-5-11(3)13(8-14)9-16/h5-6,8,10,12,15-16H,7,9H2,1-4H3. The van der Waals surface area contributed by atoms with Gasteiger partial charge in [0.05, 0.1) is 11.5 Å². The van der Waals surface area contributed by atoms with Gasteiger partial charge in [0.15, 0.2) is 0 Å². The van der Waals surface area contributed by atoms with E-state index in [1.54, 1.807) is 12.1 Å². The van der Waals surface area contributed by atoms with Crippen molar-refractivity contribution in [3.63, 3.8) is 0 Å². The van der Waals surface area contributed by atoms with E-state index in [1.807, 2.05) is 13.8 Å². The van der Waals surface area contributed by atoms with E-state index >= 15 is 0 Å². The third-order valence-electron chi connectivity index (χ3n) is 2.98. The lowest BCUT2D eigenvalue weighted by atomic mass is 10.1. The first kappa shape index (κ1) is 16.1. The zero-order valence-electron chi connectivity index (χ0n) is 12.0. The lowest BCUT2D eigenvalue weighted by Crippen LogP contribution is -2.33. The van der Waals surface area contributed by atoms with Gasteiger partial charge in [-0.3, -0.25) is 0 Å². The van der Waals surface area contributed by atoms with E-state index in [0.29, 0.717) is 11.5 Å². The van der Waals surface area contributed by atoms with E-state index in [4.69, 9.17) is 0 Å². The van der Waals surface area contributed by atoms with Crippen LogP contribution in [0.4, 0.5) is 0 Å². The van der Waals surface area contributed by atoms with Crippen LogP contribution in [0.1, 0.15) is 38.3 Å². The minimum Gasteiger partial charge on any atom is -0.392 e. The molecule has 0 heterocycles. The monoisotopic (exact) mass is 285 g/mol. The van der Waals surface area contributed by atoms with E-state index in [9.17, 15) is 13.5 Å². The van der Waals surface area contributed by atoms with E-state index in [-0.39, 0.29) is 17.5 Å². The van der Waals surface area contributed by atoms with Crippen LogP contribution >= 0.6 is 0 Å². The van der Waals surface area contributed by atoms with Gasteiger partial charge < -0.3 is 5.11 Å². The highest BCUT2D eigenvalue weighted by atomic mass is 32.2. The summed E-state index contributed by atoms with van der Waals surface area (Å²) in [5.41, 5.74) is 1.52. The molecule has 4 nitrogen and oxygen atoms in total. The van der Waals surface area contributed by atoms with Crippen LogP contribution < -0.4 is 4.72 Å². The number of aliphatic hydroxyl groups is 1. The summed E-state index contributed by atoms with van der Waals surface area (Å²) in [6.45, 7) is 7.66. The minimum atomic E-state index is -3.52. The fourth-order valence-electron chi connectivity index (χ4n) is 2.07. The highest BCUT2D eigenvalue weighted by molar-refractivity contribution is 7.89. The molecule has 0 fully saturated rings. The first-order valence-electron chi connectivity index (χ1n) is 6.49. The molecule has 0 amide bonds. The lowest BCUT2D eigenvalue weighted by molar-refractivity contribution is 0.280. The second-order valence-electron chi connectivity index (χ2n) is 5.40. The van der Waals surface area contributed by atoms with Crippen LogP contribution in [0, 0.1) is 12.8 Å². The third-order valence-corrected chi connectivity index (χ3v) is 4.57. The first-order chi connectivity index (χ1) is 8.76. The maximum atomic E-state index is 12.2. The second kappa shape index (κ2) is 6.50. The van der Waals surface area contributed by atoms with E-state index in [1.165, 1.54) is 6.07 Å². The molecule has 19 heavy (non-hydrogen) atoms. The molecule has 1 unspecified atom stereocenters. The topological polar surface area (TPSA) is 66.4 Å². The Hall–Kier alpha value is -0.910. The van der Waals surface area contributed by atoms with Gasteiger partial charge in [-0.2, -0.15) is 0 Å². The van der Waals surface area contributed by atoms with Crippen molar-refractivity contribution in [2.45, 2.75) is 51.7 Å². The van der Waals surface area contributed by atoms with Crippen molar-refractivity contribution in [2.75, 3.05) is 0 Å². The highest BCUT2D eigenvalue weighted by Gasteiger charge is 2.18. The molecule has 0 saturated heterocycles. The molecule has 0 saturated carbocycles. The number of aliphatic hydroxyl groups excluding tert-OH is 1. The maximum Gasteiger partial charge on any atom is 0.240 e. The second-order valence-corrected chi connectivity index (χ2v) is 7.11. The van der Waals surface area contributed by atoms with Crippen LogP contribution in [-0.4, -0.2) is 19.6 Å². The number of rotatable bonds is 6. The summed E-state index contributed by atoms with van der Waals surface area (Å²) in [5.74, 6) is 0.434. The molecule has 0 spiro atoms. The number of aryl methyl sites for hydroxylation is 1. The average Bonchev–Trinajstić information content (AvgIpc) is 2.27. The Balaban J connectivity index is 2.94. The molecule has 2 N–H and O–H groups in total. The third kappa shape index (κ3) is 4.60. The Morgan fingerprint density at radius 2 is 1.89 bits per heavy atom. The molecule has 0 aliphatic rings. The summed E-state index contributed by atoms with van der Waals surface area (Å²) in [4.78, 5) is 0.206. The molecule has 1 atom stereocenters. The SMILES string of the molecule is Cc1ccc(S(=O)(=O)NC(C)CC(C)C)cc1CO. The van der Waals surface area contributed by atoms with Crippen LogP contribution in [0.25, 0.3) is 0 Å². The molecular formula is C14H23NO3S. The number of nitrogens with one attached hydrogen (secondary N) is 1. The van der Waals surface area contributed by atoms with Crippen LogP contribution in [0.5, 0.6) is 0 Å². The average molecular weight is 285 g/mol. The van der Waals surface area contributed by atoms with Gasteiger partial charge in [-0.25, -0.2) is 13.1 Å². The van der Waals surface area contributed by atoms with Crippen molar-refractivity contribution in [3.8, 4) is 0 Å². The first-order valence-corrected chi connectivity index (χ1v) is 7.97. The Labute approximate surface area is 115 Å². The van der Waals surface area contributed by atoms with Gasteiger partial charge in [0, 0.05) is 6.04 Å². The molecule has 0 aliphatic heterocycles. The van der Waals surface area contributed by atoms with Crippen molar-refractivity contribution in [2.24, 2.45) is 5.92 Å². The minimum absolute atomic E-state index is 0.108. The van der Waals surface area contributed by atoms with Gasteiger partial charge >= 0.3 is 0 Å². The largest absolute Gasteiger partial charge is 0.392 e. The summed E-state index contributed by atoms with van der Waals surface area (Å²) in [6, 6.07) is 4.70. The van der Waals surface area contributed by atoms with Crippen LogP contribution in [0.2, 0.25) is 0 Å². The van der Waals surface area contributed by atoms with Gasteiger partial charge in [0.2, 0.25) is 10.0 Å². The summed E-state index contributed by atoms with van der Waals surface area (Å²) >= 11 is 0. The van der Waals surface area contributed by atoms with Crippen molar-refractivity contribution in [3.05, 3.63) is 29.3 Å². The summed E-state index contributed by atoms with van der Waals surface area (Å²) < 4.78 is 27.1. The number of benzene rings is 1. The summed E-state index contributed by atoms with van der Waals surface area (Å²) in [5, 5.41) is 9.19. The Bertz CT molecular complexity index is 523. The fraction of sp³-hybridized carbons (Fsp3) is 0.571. The fourth-order valence-corrected chi connectivity index (χ4v) is 3.38. The van der Waals surface area contributed by atoms with Crippen molar-refractivity contribution in [1.29, 1.82) is 0 Å². The predicted molar refractivity (Wildman–Crippen MR) is 76.3 cm³/mol. The van der Waals surface area contributed by atoms with E-state index in [0.717, 1.165) is 12.0 Å². The van der Waals surface area contributed by atoms with Gasteiger partial charge in [-0.15, -0.1) is 0 Å². The van der Waals surface area contributed by atoms with Crippen LogP contribution in [0.15, 0.2) is 23.1 Å². The van der Waals surface area contributed by atoms with Crippen LogP contribution in [-0.2, 0) is 16.6 Å². The lowest BCUT2D eigenvalue weighted by Gasteiger charge is -2.16. The van der Waals surface area contributed by atoms with Crippen LogP contribution in [0.3, 0.4) is 0 Å². The van der Waals surface area contributed by atoms with Gasteiger partial charge in [-0.1, -0.05) is 19.9 Å². The molecule has 1 aromatic carbocycles. The van der Waals surface area contributed by atoms with Crippen molar-refractivity contribution in [1.82, 2.24) is 4.72 Å². The molecule has 0 bridgehead atoms. The predicted octanol–water partition coefficient (Wildman–Crippen LogP) is 2.20. The Morgan fingerprint density at radius 3 is 2.42 bits per heavy atom.